The van der Waals surface area contributed by atoms with Gasteiger partial charge in [0.05, 0.1) is 6.20 Å². The van der Waals surface area contributed by atoms with Gasteiger partial charge in [-0.25, -0.2) is 0 Å². The molecule has 0 radical (unpaired) electrons. The zero-order chi connectivity index (χ0) is 9.26. The molecule has 0 bridgehead atoms. The van der Waals surface area contributed by atoms with Crippen LogP contribution in [0.1, 0.15) is 11.3 Å². The van der Waals surface area contributed by atoms with Crippen molar-refractivity contribution in [3.63, 3.8) is 0 Å². The van der Waals surface area contributed by atoms with E-state index in [9.17, 15) is 0 Å². The van der Waals surface area contributed by atoms with Gasteiger partial charge in [-0.05, 0) is 0 Å². The number of fused-ring (bicyclic) bond motifs is 1. The highest BCUT2D eigenvalue weighted by molar-refractivity contribution is 5.77. The molecule has 0 aromatic carbocycles. The summed E-state index contributed by atoms with van der Waals surface area (Å²) >= 11 is 0. The smallest absolute Gasteiger partial charge is 0.213 e. The third kappa shape index (κ3) is 1.30. The van der Waals surface area contributed by atoms with Crippen molar-refractivity contribution in [2.24, 2.45) is 16.7 Å². The van der Waals surface area contributed by atoms with Crippen molar-refractivity contribution in [2.75, 3.05) is 6.54 Å². The second kappa shape index (κ2) is 2.96. The second-order valence-electron chi connectivity index (χ2n) is 3.03. The topological polar surface area (TPSA) is 96.3 Å². The molecule has 0 saturated heterocycles. The second-order valence-corrected chi connectivity index (χ2v) is 3.03. The van der Waals surface area contributed by atoms with E-state index in [0.717, 1.165) is 25.1 Å². The van der Waals surface area contributed by atoms with Gasteiger partial charge in [-0.1, -0.05) is 0 Å². The molecular formula is C7H12N6. The number of nitrogens with one attached hydrogen (secondary N) is 1. The minimum absolute atomic E-state index is 0.381. The van der Waals surface area contributed by atoms with E-state index in [2.05, 4.69) is 15.3 Å². The quantitative estimate of drug-likeness (QED) is 0.205. The molecule has 2 rings (SSSR count). The molecule has 0 spiro atoms. The van der Waals surface area contributed by atoms with Crippen molar-refractivity contribution in [2.45, 2.75) is 13.0 Å². The molecule has 0 saturated carbocycles. The largest absolute Gasteiger partial charge is 0.368 e. The average molecular weight is 180 g/mol. The van der Waals surface area contributed by atoms with Gasteiger partial charge >= 0.3 is 0 Å². The van der Waals surface area contributed by atoms with E-state index < -0.39 is 0 Å². The summed E-state index contributed by atoms with van der Waals surface area (Å²) in [6.45, 7) is 1.57. The highest BCUT2D eigenvalue weighted by Gasteiger charge is 2.18. The first-order valence-corrected chi connectivity index (χ1v) is 4.10. The zero-order valence-corrected chi connectivity index (χ0v) is 7.20. The molecule has 0 aliphatic carbocycles. The Morgan fingerprint density at radius 3 is 3.31 bits per heavy atom. The van der Waals surface area contributed by atoms with Crippen LogP contribution in [0.5, 0.6) is 0 Å². The summed E-state index contributed by atoms with van der Waals surface area (Å²) in [6.07, 6.45) is 2.72. The van der Waals surface area contributed by atoms with E-state index >= 15 is 0 Å². The monoisotopic (exact) mass is 180 g/mol. The Balaban J connectivity index is 2.17. The third-order valence-electron chi connectivity index (χ3n) is 2.26. The summed E-state index contributed by atoms with van der Waals surface area (Å²) in [6, 6.07) is 0. The first-order valence-electron chi connectivity index (χ1n) is 4.10. The van der Waals surface area contributed by atoms with Gasteiger partial charge in [0, 0.05) is 30.8 Å². The number of aromatic amines is 1. The van der Waals surface area contributed by atoms with Crippen LogP contribution in [-0.4, -0.2) is 27.6 Å². The van der Waals surface area contributed by atoms with Crippen LogP contribution < -0.4 is 11.6 Å². The van der Waals surface area contributed by atoms with E-state index in [1.165, 1.54) is 5.69 Å². The summed E-state index contributed by atoms with van der Waals surface area (Å²) in [5.74, 6) is 5.48. The van der Waals surface area contributed by atoms with Crippen molar-refractivity contribution in [1.29, 1.82) is 0 Å². The molecule has 0 amide bonds. The lowest BCUT2D eigenvalue weighted by Gasteiger charge is -2.26. The van der Waals surface area contributed by atoms with E-state index in [0.29, 0.717) is 5.96 Å². The van der Waals surface area contributed by atoms with Crippen molar-refractivity contribution in [1.82, 2.24) is 15.1 Å². The lowest BCUT2D eigenvalue weighted by Crippen LogP contribution is -2.41. The zero-order valence-electron chi connectivity index (χ0n) is 7.20. The van der Waals surface area contributed by atoms with Gasteiger partial charge in [-0.15, -0.1) is 5.10 Å². The average Bonchev–Trinajstić information content (AvgIpc) is 2.63. The molecule has 2 heterocycles. The molecule has 0 fully saturated rings. The lowest BCUT2D eigenvalue weighted by molar-refractivity contribution is 0.386. The maximum absolute atomic E-state index is 5.59. The van der Waals surface area contributed by atoms with Crippen LogP contribution >= 0.6 is 0 Å². The fourth-order valence-corrected chi connectivity index (χ4v) is 1.50. The predicted octanol–water partition coefficient (Wildman–Crippen LogP) is -1.04. The number of hydrogen-bond acceptors (Lipinski definition) is 3. The number of hydrogen-bond donors (Lipinski definition) is 3. The standard InChI is InChI=1S/C7H12N6/c8-7(11-9)13-2-1-6-5(4-13)3-10-12-6/h3H,1-2,4,9H2,(H2,8,11)(H,10,12). The number of hydrazone groups is 1. The molecule has 0 atom stereocenters. The van der Waals surface area contributed by atoms with Crippen LogP contribution in [0.2, 0.25) is 0 Å². The van der Waals surface area contributed by atoms with Crippen LogP contribution in [0, 0.1) is 0 Å². The minimum atomic E-state index is 0.381. The third-order valence-corrected chi connectivity index (χ3v) is 2.26. The van der Waals surface area contributed by atoms with Crippen molar-refractivity contribution >= 4 is 5.96 Å². The molecule has 1 aromatic heterocycles. The van der Waals surface area contributed by atoms with Crippen LogP contribution in [0.25, 0.3) is 0 Å². The Bertz CT molecular complexity index is 327. The fraction of sp³-hybridized carbons (Fsp3) is 0.429. The van der Waals surface area contributed by atoms with Gasteiger partial charge in [-0.3, -0.25) is 5.10 Å². The number of H-pyrrole nitrogens is 1. The SMILES string of the molecule is NN=C(N)N1CCc2[nH]ncc2C1. The highest BCUT2D eigenvalue weighted by Crippen LogP contribution is 2.14. The molecule has 13 heavy (non-hydrogen) atoms. The van der Waals surface area contributed by atoms with Crippen LogP contribution in [0.15, 0.2) is 11.3 Å². The van der Waals surface area contributed by atoms with Crippen molar-refractivity contribution in [3.05, 3.63) is 17.5 Å². The molecule has 1 aliphatic heterocycles. The van der Waals surface area contributed by atoms with Crippen LogP contribution in [0.4, 0.5) is 0 Å². The summed E-state index contributed by atoms with van der Waals surface area (Å²) in [5, 5.41) is 10.4. The first-order chi connectivity index (χ1) is 6.31. The molecule has 6 nitrogen and oxygen atoms in total. The lowest BCUT2D eigenvalue weighted by atomic mass is 10.1. The fourth-order valence-electron chi connectivity index (χ4n) is 1.50. The number of rotatable bonds is 0. The summed E-state index contributed by atoms with van der Waals surface area (Å²) in [7, 11) is 0. The molecule has 1 aliphatic rings. The van der Waals surface area contributed by atoms with E-state index in [4.69, 9.17) is 11.6 Å². The molecule has 5 N–H and O–H groups in total. The van der Waals surface area contributed by atoms with Gasteiger partial charge < -0.3 is 16.5 Å². The molecule has 70 valence electrons. The van der Waals surface area contributed by atoms with Crippen LogP contribution in [-0.2, 0) is 13.0 Å². The molecular weight excluding hydrogens is 168 g/mol. The van der Waals surface area contributed by atoms with Gasteiger partial charge in [0.25, 0.3) is 0 Å². The summed E-state index contributed by atoms with van der Waals surface area (Å²) < 4.78 is 0. The molecule has 6 heteroatoms. The van der Waals surface area contributed by atoms with Gasteiger partial charge in [0.2, 0.25) is 5.96 Å². The van der Waals surface area contributed by atoms with E-state index in [1.54, 1.807) is 0 Å². The van der Waals surface area contributed by atoms with E-state index in [-0.39, 0.29) is 0 Å². The first kappa shape index (κ1) is 7.90. The molecule has 0 unspecified atom stereocenters. The minimum Gasteiger partial charge on any atom is -0.368 e. The van der Waals surface area contributed by atoms with Gasteiger partial charge in [-0.2, -0.15) is 5.10 Å². The Hall–Kier alpha value is -1.72. The van der Waals surface area contributed by atoms with Crippen molar-refractivity contribution in [3.8, 4) is 0 Å². The maximum atomic E-state index is 5.59. The maximum Gasteiger partial charge on any atom is 0.213 e. The van der Waals surface area contributed by atoms with Gasteiger partial charge in [0.1, 0.15) is 0 Å². The predicted molar refractivity (Wildman–Crippen MR) is 48.5 cm³/mol. The summed E-state index contributed by atoms with van der Waals surface area (Å²) in [5.41, 5.74) is 7.94. The Kier molecular flexibility index (Phi) is 1.80. The highest BCUT2D eigenvalue weighted by atomic mass is 15.3. The normalized spacial score (nSPS) is 17.2. The number of guanidine groups is 1. The van der Waals surface area contributed by atoms with Gasteiger partial charge in [0.15, 0.2) is 0 Å². The Morgan fingerprint density at radius 2 is 2.54 bits per heavy atom. The number of aromatic nitrogens is 2. The Labute approximate surface area is 75.6 Å². The van der Waals surface area contributed by atoms with Crippen LogP contribution in [0.3, 0.4) is 0 Å². The van der Waals surface area contributed by atoms with E-state index in [1.807, 2.05) is 11.1 Å². The molecule has 1 aromatic rings. The van der Waals surface area contributed by atoms with Crippen molar-refractivity contribution < 1.29 is 0 Å². The number of nitrogens with zero attached hydrogens (tertiary/aromatic N) is 3. The summed E-state index contributed by atoms with van der Waals surface area (Å²) in [4.78, 5) is 1.93. The number of nitrogens with two attached hydrogens (primary N) is 2. The Morgan fingerprint density at radius 1 is 1.69 bits per heavy atom.